The zero-order chi connectivity index (χ0) is 22.1. The first-order valence-corrected chi connectivity index (χ1v) is 8.19. The highest BCUT2D eigenvalue weighted by Crippen LogP contribution is 2.28. The Kier molecular flexibility index (Phi) is 8.93. The molecule has 0 radical (unpaired) electrons. The van der Waals surface area contributed by atoms with Crippen molar-refractivity contribution in [1.82, 2.24) is 0 Å². The van der Waals surface area contributed by atoms with Gasteiger partial charge in [-0.15, -0.1) is 0 Å². The van der Waals surface area contributed by atoms with E-state index in [9.17, 15) is 28.8 Å². The Bertz CT molecular complexity index is 709. The molecule has 0 aromatic carbocycles. The molecule has 12 nitrogen and oxygen atoms in total. The molecule has 0 aromatic heterocycles. The molecule has 12 heteroatoms. The van der Waals surface area contributed by atoms with E-state index < -0.39 is 60.2 Å². The largest absolute Gasteiger partial charge is 0.463 e. The van der Waals surface area contributed by atoms with Gasteiger partial charge in [-0.2, -0.15) is 0 Å². The van der Waals surface area contributed by atoms with Crippen LogP contribution in [0.2, 0.25) is 0 Å². The van der Waals surface area contributed by atoms with Gasteiger partial charge >= 0.3 is 29.8 Å². The smallest absolute Gasteiger partial charge is 0.378 e. The first kappa shape index (κ1) is 23.8. The fraction of sp³-hybridized carbons (Fsp3) is 0.529. The molecule has 0 bridgehead atoms. The van der Waals surface area contributed by atoms with Crippen molar-refractivity contribution < 1.29 is 57.2 Å². The third-order valence-corrected chi connectivity index (χ3v) is 3.31. The van der Waals surface area contributed by atoms with Crippen LogP contribution in [0.5, 0.6) is 0 Å². The van der Waals surface area contributed by atoms with Crippen LogP contribution < -0.4 is 0 Å². The van der Waals surface area contributed by atoms with Crippen LogP contribution in [0.4, 0.5) is 0 Å². The van der Waals surface area contributed by atoms with Gasteiger partial charge in [-0.25, -0.2) is 9.59 Å². The standard InChI is InChI=1S/C17H20O12/c1-8(18)25-7-12-14(26-9(2)19)15(27-10(3)20)17(28-12)29-13(22)6-5-11(21)16(23)24-4/h5-6,12,14-15,17H,7H2,1-4H3/b6-5-/t12-,14-,15-,17+/m1/s1. The van der Waals surface area contributed by atoms with Gasteiger partial charge in [0.2, 0.25) is 12.4 Å². The summed E-state index contributed by atoms with van der Waals surface area (Å²) in [6, 6.07) is 0. The maximum atomic E-state index is 11.9. The zero-order valence-corrected chi connectivity index (χ0v) is 16.1. The van der Waals surface area contributed by atoms with Crippen molar-refractivity contribution in [3.05, 3.63) is 12.2 Å². The SMILES string of the molecule is COC(=O)C(=O)/C=C\C(=O)O[C@@H]1O[C@H](COC(C)=O)[C@@H](OC(C)=O)[C@H]1OC(C)=O. The molecule has 0 aromatic rings. The predicted octanol–water partition coefficient (Wildman–Crippen LogP) is -1.02. The Morgan fingerprint density at radius 2 is 1.41 bits per heavy atom. The molecule has 1 rings (SSSR count). The fourth-order valence-corrected chi connectivity index (χ4v) is 2.24. The number of esters is 5. The van der Waals surface area contributed by atoms with E-state index in [1.54, 1.807) is 0 Å². The molecule has 0 amide bonds. The van der Waals surface area contributed by atoms with Gasteiger partial charge in [-0.1, -0.05) is 0 Å². The minimum Gasteiger partial charge on any atom is -0.463 e. The summed E-state index contributed by atoms with van der Waals surface area (Å²) in [6.45, 7) is 2.92. The molecule has 1 aliphatic heterocycles. The number of methoxy groups -OCH3 is 1. The van der Waals surface area contributed by atoms with E-state index in [2.05, 4.69) is 4.74 Å². The van der Waals surface area contributed by atoms with Crippen molar-refractivity contribution in [3.63, 3.8) is 0 Å². The molecule has 1 saturated heterocycles. The van der Waals surface area contributed by atoms with Crippen LogP contribution in [0.15, 0.2) is 12.2 Å². The lowest BCUT2D eigenvalue weighted by Gasteiger charge is -2.22. The molecular formula is C17H20O12. The van der Waals surface area contributed by atoms with Crippen molar-refractivity contribution in [2.24, 2.45) is 0 Å². The first-order chi connectivity index (χ1) is 13.5. The minimum atomic E-state index is -1.55. The van der Waals surface area contributed by atoms with Crippen molar-refractivity contribution in [2.75, 3.05) is 13.7 Å². The Labute approximate surface area is 165 Å². The number of hydrogen-bond donors (Lipinski definition) is 0. The number of rotatable bonds is 8. The first-order valence-electron chi connectivity index (χ1n) is 8.19. The normalized spacial score (nSPS) is 23.2. The Morgan fingerprint density at radius 3 is 1.93 bits per heavy atom. The van der Waals surface area contributed by atoms with E-state index in [-0.39, 0.29) is 6.61 Å². The molecule has 0 spiro atoms. The number of hydrogen-bond acceptors (Lipinski definition) is 12. The summed E-state index contributed by atoms with van der Waals surface area (Å²) >= 11 is 0. The number of carbonyl (C=O) groups excluding carboxylic acids is 6. The molecular weight excluding hydrogens is 396 g/mol. The highest BCUT2D eigenvalue weighted by atomic mass is 16.8. The third-order valence-electron chi connectivity index (χ3n) is 3.31. The van der Waals surface area contributed by atoms with E-state index in [4.69, 9.17) is 23.7 Å². The van der Waals surface area contributed by atoms with Gasteiger partial charge in [0.05, 0.1) is 7.11 Å². The lowest BCUT2D eigenvalue weighted by molar-refractivity contribution is -0.195. The van der Waals surface area contributed by atoms with Gasteiger partial charge in [-0.3, -0.25) is 19.2 Å². The summed E-state index contributed by atoms with van der Waals surface area (Å²) in [6.07, 6.45) is -4.02. The predicted molar refractivity (Wildman–Crippen MR) is 88.7 cm³/mol. The summed E-state index contributed by atoms with van der Waals surface area (Å²) in [5.41, 5.74) is 0. The summed E-state index contributed by atoms with van der Waals surface area (Å²) in [7, 11) is 0.987. The van der Waals surface area contributed by atoms with Crippen molar-refractivity contribution in [2.45, 2.75) is 45.4 Å². The van der Waals surface area contributed by atoms with Crippen LogP contribution in [-0.2, 0) is 57.2 Å². The second-order valence-corrected chi connectivity index (χ2v) is 5.62. The molecule has 0 unspecified atom stereocenters. The van der Waals surface area contributed by atoms with E-state index in [0.29, 0.717) is 12.2 Å². The molecule has 0 N–H and O–H groups in total. The van der Waals surface area contributed by atoms with Gasteiger partial charge in [0.15, 0.2) is 6.10 Å². The van der Waals surface area contributed by atoms with Crippen LogP contribution in [0.1, 0.15) is 20.8 Å². The van der Waals surface area contributed by atoms with E-state index in [1.807, 2.05) is 0 Å². The summed E-state index contributed by atoms with van der Waals surface area (Å²) in [5, 5.41) is 0. The maximum Gasteiger partial charge on any atom is 0.378 e. The number of carbonyl (C=O) groups is 6. The molecule has 0 saturated carbocycles. The molecule has 1 aliphatic rings. The van der Waals surface area contributed by atoms with Crippen molar-refractivity contribution in [3.8, 4) is 0 Å². The summed E-state index contributed by atoms with van der Waals surface area (Å²) in [5.74, 6) is -5.62. The number of ketones is 1. The van der Waals surface area contributed by atoms with Crippen molar-refractivity contribution >= 4 is 35.6 Å². The monoisotopic (exact) mass is 416 g/mol. The summed E-state index contributed by atoms with van der Waals surface area (Å²) in [4.78, 5) is 68.1. The average Bonchev–Trinajstić information content (AvgIpc) is 2.92. The van der Waals surface area contributed by atoms with Crippen LogP contribution in [0.3, 0.4) is 0 Å². The van der Waals surface area contributed by atoms with Crippen LogP contribution in [0, 0.1) is 0 Å². The average molecular weight is 416 g/mol. The van der Waals surface area contributed by atoms with E-state index in [0.717, 1.165) is 27.9 Å². The Hall–Kier alpha value is -3.28. The molecule has 4 atom stereocenters. The van der Waals surface area contributed by atoms with Gasteiger partial charge in [0, 0.05) is 32.9 Å². The zero-order valence-electron chi connectivity index (χ0n) is 16.1. The van der Waals surface area contributed by atoms with Crippen molar-refractivity contribution in [1.29, 1.82) is 0 Å². The van der Waals surface area contributed by atoms with Gasteiger partial charge < -0.3 is 28.4 Å². The molecule has 0 aliphatic carbocycles. The van der Waals surface area contributed by atoms with Gasteiger partial charge in [-0.05, 0) is 0 Å². The summed E-state index contributed by atoms with van der Waals surface area (Å²) < 4.78 is 29.5. The lowest BCUT2D eigenvalue weighted by atomic mass is 10.1. The highest BCUT2D eigenvalue weighted by molar-refractivity contribution is 6.38. The highest BCUT2D eigenvalue weighted by Gasteiger charge is 2.51. The van der Waals surface area contributed by atoms with Crippen LogP contribution in [-0.4, -0.2) is 73.9 Å². The lowest BCUT2D eigenvalue weighted by Crippen LogP contribution is -2.42. The molecule has 1 heterocycles. The number of ether oxygens (including phenoxy) is 6. The van der Waals surface area contributed by atoms with E-state index in [1.165, 1.54) is 0 Å². The maximum absolute atomic E-state index is 11.9. The minimum absolute atomic E-state index is 0.379. The molecule has 29 heavy (non-hydrogen) atoms. The quantitative estimate of drug-likeness (QED) is 0.205. The second kappa shape index (κ2) is 10.9. The molecule has 1 fully saturated rings. The topological polar surface area (TPSA) is 158 Å². The third kappa shape index (κ3) is 7.70. The van der Waals surface area contributed by atoms with Crippen LogP contribution >= 0.6 is 0 Å². The second-order valence-electron chi connectivity index (χ2n) is 5.62. The Morgan fingerprint density at radius 1 is 0.828 bits per heavy atom. The fourth-order valence-electron chi connectivity index (χ4n) is 2.24. The van der Waals surface area contributed by atoms with Gasteiger partial charge in [0.25, 0.3) is 5.78 Å². The van der Waals surface area contributed by atoms with Gasteiger partial charge in [0.1, 0.15) is 12.7 Å². The Balaban J connectivity index is 2.97. The van der Waals surface area contributed by atoms with Crippen LogP contribution in [0.25, 0.3) is 0 Å². The molecule has 160 valence electrons. The van der Waals surface area contributed by atoms with E-state index >= 15 is 0 Å².